The highest BCUT2D eigenvalue weighted by Crippen LogP contribution is 2.05. The largest absolute Gasteiger partial charge is 0.387 e. The van der Waals surface area contributed by atoms with Crippen molar-refractivity contribution in [2.24, 2.45) is 10.7 Å². The van der Waals surface area contributed by atoms with Gasteiger partial charge in [-0.25, -0.2) is 0 Å². The first-order chi connectivity index (χ1) is 6.76. The molecule has 0 fully saturated rings. The molecule has 0 atom stereocenters. The van der Waals surface area contributed by atoms with Gasteiger partial charge in [0.2, 0.25) is 0 Å². The van der Waals surface area contributed by atoms with E-state index in [0.29, 0.717) is 17.9 Å². The van der Waals surface area contributed by atoms with Crippen LogP contribution in [0.1, 0.15) is 24.5 Å². The van der Waals surface area contributed by atoms with Gasteiger partial charge in [-0.3, -0.25) is 4.99 Å². The van der Waals surface area contributed by atoms with Gasteiger partial charge in [0, 0.05) is 6.42 Å². The number of benzene rings is 1. The van der Waals surface area contributed by atoms with Crippen LogP contribution >= 0.6 is 0 Å². The summed E-state index contributed by atoms with van der Waals surface area (Å²) in [5.74, 6) is 0.646. The first kappa shape index (κ1) is 10.3. The molecule has 0 unspecified atom stereocenters. The summed E-state index contributed by atoms with van der Waals surface area (Å²) in [6.45, 7) is 2.51. The zero-order valence-electron chi connectivity index (χ0n) is 8.20. The highest BCUT2D eigenvalue weighted by Gasteiger charge is 1.94. The van der Waals surface area contributed by atoms with Gasteiger partial charge in [-0.1, -0.05) is 19.1 Å². The van der Waals surface area contributed by atoms with Crippen LogP contribution in [0.25, 0.3) is 0 Å². The summed E-state index contributed by atoms with van der Waals surface area (Å²) in [6.07, 6.45) is 0.762. The molecule has 0 aliphatic heterocycles. The van der Waals surface area contributed by atoms with Crippen molar-refractivity contribution in [3.8, 4) is 6.07 Å². The molecular formula is C11H13N3. The fraction of sp³-hybridized carbons (Fsp3) is 0.273. The maximum atomic E-state index is 8.68. The molecule has 1 aromatic carbocycles. The van der Waals surface area contributed by atoms with Crippen molar-refractivity contribution in [1.82, 2.24) is 0 Å². The van der Waals surface area contributed by atoms with E-state index in [2.05, 4.69) is 11.1 Å². The van der Waals surface area contributed by atoms with Crippen LogP contribution in [0.2, 0.25) is 0 Å². The van der Waals surface area contributed by atoms with Crippen LogP contribution in [-0.4, -0.2) is 5.84 Å². The van der Waals surface area contributed by atoms with E-state index < -0.39 is 0 Å². The number of hydrogen-bond donors (Lipinski definition) is 1. The molecule has 0 aliphatic carbocycles. The molecule has 1 rings (SSSR count). The van der Waals surface area contributed by atoms with E-state index in [-0.39, 0.29) is 0 Å². The number of nitriles is 1. The molecule has 72 valence electrons. The van der Waals surface area contributed by atoms with Gasteiger partial charge in [0.05, 0.1) is 24.0 Å². The molecular weight excluding hydrogens is 174 g/mol. The molecule has 2 N–H and O–H groups in total. The summed E-state index contributed by atoms with van der Waals surface area (Å²) in [5.41, 5.74) is 7.25. The molecule has 0 saturated heterocycles. The zero-order valence-corrected chi connectivity index (χ0v) is 8.20. The number of hydrogen-bond acceptors (Lipinski definition) is 2. The van der Waals surface area contributed by atoms with E-state index in [0.717, 1.165) is 12.0 Å². The monoisotopic (exact) mass is 187 g/mol. The lowest BCUT2D eigenvalue weighted by atomic mass is 10.1. The maximum absolute atomic E-state index is 8.68. The predicted octanol–water partition coefficient (Wildman–Crippen LogP) is 1.83. The van der Waals surface area contributed by atoms with Crippen molar-refractivity contribution < 1.29 is 0 Å². The van der Waals surface area contributed by atoms with E-state index in [1.807, 2.05) is 25.1 Å². The summed E-state index contributed by atoms with van der Waals surface area (Å²) < 4.78 is 0. The minimum absolute atomic E-state index is 0.551. The van der Waals surface area contributed by atoms with Gasteiger partial charge >= 0.3 is 0 Å². The lowest BCUT2D eigenvalue weighted by molar-refractivity contribution is 1.04. The minimum atomic E-state index is 0.551. The number of nitrogens with two attached hydrogens (primary N) is 1. The summed E-state index contributed by atoms with van der Waals surface area (Å²) in [6, 6.07) is 9.48. The molecule has 0 aromatic heterocycles. The van der Waals surface area contributed by atoms with Crippen molar-refractivity contribution in [3.63, 3.8) is 0 Å². The topological polar surface area (TPSA) is 62.2 Å². The third kappa shape index (κ3) is 2.91. The van der Waals surface area contributed by atoms with E-state index in [9.17, 15) is 0 Å². The Hall–Kier alpha value is -1.82. The number of rotatable bonds is 3. The highest BCUT2D eigenvalue weighted by atomic mass is 14.8. The van der Waals surface area contributed by atoms with Crippen molar-refractivity contribution >= 4 is 5.84 Å². The molecule has 1 aromatic rings. The first-order valence-electron chi connectivity index (χ1n) is 4.54. The Morgan fingerprint density at radius 2 is 2.36 bits per heavy atom. The SMILES string of the molecule is CCC(N)=NCc1cccc(C#N)c1. The van der Waals surface area contributed by atoms with E-state index in [1.165, 1.54) is 0 Å². The quantitative estimate of drug-likeness (QED) is 0.579. The Balaban J connectivity index is 2.73. The predicted molar refractivity (Wildman–Crippen MR) is 56.8 cm³/mol. The molecule has 14 heavy (non-hydrogen) atoms. The fourth-order valence-electron chi connectivity index (χ4n) is 1.04. The van der Waals surface area contributed by atoms with Crippen LogP contribution in [0, 0.1) is 11.3 Å². The van der Waals surface area contributed by atoms with Crippen LogP contribution in [0.4, 0.5) is 0 Å². The Bertz CT molecular complexity index is 374. The molecule has 0 bridgehead atoms. The third-order valence-corrected chi connectivity index (χ3v) is 1.88. The second-order valence-corrected chi connectivity index (χ2v) is 2.97. The van der Waals surface area contributed by atoms with Crippen molar-refractivity contribution in [2.75, 3.05) is 0 Å². The van der Waals surface area contributed by atoms with Gasteiger partial charge in [0.1, 0.15) is 0 Å². The van der Waals surface area contributed by atoms with Crippen LogP contribution in [0.5, 0.6) is 0 Å². The van der Waals surface area contributed by atoms with E-state index in [1.54, 1.807) is 6.07 Å². The standard InChI is InChI=1S/C11H13N3/c1-2-11(13)14-8-10-5-3-4-9(6-10)7-12/h3-6H,2,8H2,1H3,(H2,13,14). The van der Waals surface area contributed by atoms with Gasteiger partial charge in [-0.15, -0.1) is 0 Å². The van der Waals surface area contributed by atoms with Crippen LogP contribution in [0.3, 0.4) is 0 Å². The van der Waals surface area contributed by atoms with Crippen molar-refractivity contribution in [1.29, 1.82) is 5.26 Å². The molecule has 0 spiro atoms. The number of nitrogens with zero attached hydrogens (tertiary/aromatic N) is 2. The van der Waals surface area contributed by atoms with Gasteiger partial charge < -0.3 is 5.73 Å². The Morgan fingerprint density at radius 3 is 3.00 bits per heavy atom. The Labute approximate surface area is 83.9 Å². The normalized spacial score (nSPS) is 11.0. The third-order valence-electron chi connectivity index (χ3n) is 1.88. The van der Waals surface area contributed by atoms with Gasteiger partial charge in [0.15, 0.2) is 0 Å². The lowest BCUT2D eigenvalue weighted by Gasteiger charge is -1.98. The van der Waals surface area contributed by atoms with Crippen LogP contribution < -0.4 is 5.73 Å². The van der Waals surface area contributed by atoms with Crippen LogP contribution in [-0.2, 0) is 6.54 Å². The molecule has 0 amide bonds. The molecule has 0 radical (unpaired) electrons. The number of amidine groups is 1. The van der Waals surface area contributed by atoms with Gasteiger partial charge in [-0.2, -0.15) is 5.26 Å². The zero-order chi connectivity index (χ0) is 10.4. The highest BCUT2D eigenvalue weighted by molar-refractivity contribution is 5.79. The van der Waals surface area contributed by atoms with E-state index in [4.69, 9.17) is 11.0 Å². The molecule has 0 heterocycles. The first-order valence-corrected chi connectivity index (χ1v) is 4.54. The molecule has 3 nitrogen and oxygen atoms in total. The second-order valence-electron chi connectivity index (χ2n) is 2.97. The van der Waals surface area contributed by atoms with Gasteiger partial charge in [0.25, 0.3) is 0 Å². The Morgan fingerprint density at radius 1 is 1.57 bits per heavy atom. The molecule has 0 aliphatic rings. The van der Waals surface area contributed by atoms with Crippen molar-refractivity contribution in [3.05, 3.63) is 35.4 Å². The average Bonchev–Trinajstić information content (AvgIpc) is 2.26. The fourth-order valence-corrected chi connectivity index (χ4v) is 1.04. The summed E-state index contributed by atoms with van der Waals surface area (Å²) in [7, 11) is 0. The maximum Gasteiger partial charge on any atom is 0.0991 e. The average molecular weight is 187 g/mol. The smallest absolute Gasteiger partial charge is 0.0991 e. The van der Waals surface area contributed by atoms with Crippen LogP contribution in [0.15, 0.2) is 29.3 Å². The van der Waals surface area contributed by atoms with Crippen molar-refractivity contribution in [2.45, 2.75) is 19.9 Å². The second kappa shape index (κ2) is 5.03. The lowest BCUT2D eigenvalue weighted by Crippen LogP contribution is -2.09. The summed E-state index contributed by atoms with van der Waals surface area (Å²) in [5, 5.41) is 8.68. The summed E-state index contributed by atoms with van der Waals surface area (Å²) >= 11 is 0. The van der Waals surface area contributed by atoms with Gasteiger partial charge in [-0.05, 0) is 17.7 Å². The molecule has 3 heteroatoms. The minimum Gasteiger partial charge on any atom is -0.387 e. The van der Waals surface area contributed by atoms with E-state index >= 15 is 0 Å². The number of aliphatic imine (C=N–C) groups is 1. The summed E-state index contributed by atoms with van der Waals surface area (Å²) in [4.78, 5) is 4.17. The Kier molecular flexibility index (Phi) is 3.69. The molecule has 0 saturated carbocycles.